The van der Waals surface area contributed by atoms with Gasteiger partial charge < -0.3 is 4.90 Å². The maximum absolute atomic E-state index is 12.5. The zero-order chi connectivity index (χ0) is 14.0. The summed E-state index contributed by atoms with van der Waals surface area (Å²) in [5.41, 5.74) is 1.49. The van der Waals surface area contributed by atoms with Crippen LogP contribution in [0.15, 0.2) is 16.7 Å². The SMILES string of the molecule is Cc1ncc(Br)cc1C(=O)N1CCN(C(C)C)CC1. The van der Waals surface area contributed by atoms with Gasteiger partial charge in [0.1, 0.15) is 0 Å². The third-order valence-corrected chi connectivity index (χ3v) is 4.05. The van der Waals surface area contributed by atoms with Crippen molar-refractivity contribution in [2.45, 2.75) is 26.8 Å². The number of carbonyl (C=O) groups is 1. The van der Waals surface area contributed by atoms with Crippen LogP contribution in [0.4, 0.5) is 0 Å². The molecule has 0 N–H and O–H groups in total. The zero-order valence-electron chi connectivity index (χ0n) is 11.7. The molecule has 1 aromatic rings. The maximum atomic E-state index is 12.5. The van der Waals surface area contributed by atoms with E-state index in [1.807, 2.05) is 17.9 Å². The predicted molar refractivity (Wildman–Crippen MR) is 79.3 cm³/mol. The number of piperazine rings is 1. The largest absolute Gasteiger partial charge is 0.336 e. The molecule has 0 bridgehead atoms. The topological polar surface area (TPSA) is 36.4 Å². The van der Waals surface area contributed by atoms with Crippen LogP contribution in [0.3, 0.4) is 0 Å². The van der Waals surface area contributed by atoms with Crippen LogP contribution < -0.4 is 0 Å². The van der Waals surface area contributed by atoms with Crippen molar-refractivity contribution in [2.75, 3.05) is 26.2 Å². The first kappa shape index (κ1) is 14.5. The van der Waals surface area contributed by atoms with Crippen LogP contribution in [0.1, 0.15) is 29.9 Å². The lowest BCUT2D eigenvalue weighted by molar-refractivity contribution is 0.0594. The summed E-state index contributed by atoms with van der Waals surface area (Å²) in [6.07, 6.45) is 1.73. The van der Waals surface area contributed by atoms with E-state index in [4.69, 9.17) is 0 Å². The van der Waals surface area contributed by atoms with Crippen molar-refractivity contribution in [3.8, 4) is 0 Å². The Bertz CT molecular complexity index is 468. The molecule has 4 nitrogen and oxygen atoms in total. The average Bonchev–Trinajstić information content (AvgIpc) is 2.41. The number of hydrogen-bond donors (Lipinski definition) is 0. The molecule has 0 saturated carbocycles. The fraction of sp³-hybridized carbons (Fsp3) is 0.571. The van der Waals surface area contributed by atoms with Crippen LogP contribution in [0.25, 0.3) is 0 Å². The summed E-state index contributed by atoms with van der Waals surface area (Å²) in [4.78, 5) is 21.1. The van der Waals surface area contributed by atoms with Crippen molar-refractivity contribution in [1.82, 2.24) is 14.8 Å². The number of hydrogen-bond acceptors (Lipinski definition) is 3. The molecule has 19 heavy (non-hydrogen) atoms. The summed E-state index contributed by atoms with van der Waals surface area (Å²) in [5, 5.41) is 0. The van der Waals surface area contributed by atoms with Gasteiger partial charge in [-0.15, -0.1) is 0 Å². The standard InChI is InChI=1S/C14H20BrN3O/c1-10(2)17-4-6-18(7-5-17)14(19)13-8-12(15)9-16-11(13)3/h8-10H,4-7H2,1-3H3. The molecule has 0 atom stereocenters. The number of aromatic nitrogens is 1. The number of halogens is 1. The van der Waals surface area contributed by atoms with Crippen molar-refractivity contribution < 1.29 is 4.79 Å². The summed E-state index contributed by atoms with van der Waals surface area (Å²) in [6, 6.07) is 2.41. The highest BCUT2D eigenvalue weighted by Crippen LogP contribution is 2.17. The van der Waals surface area contributed by atoms with Crippen molar-refractivity contribution in [3.05, 3.63) is 28.0 Å². The Hall–Kier alpha value is -0.940. The molecule has 1 fully saturated rings. The lowest BCUT2D eigenvalue weighted by Crippen LogP contribution is -2.50. The summed E-state index contributed by atoms with van der Waals surface area (Å²) in [5.74, 6) is 0.0923. The number of aryl methyl sites for hydroxylation is 1. The van der Waals surface area contributed by atoms with Gasteiger partial charge >= 0.3 is 0 Å². The average molecular weight is 326 g/mol. The van der Waals surface area contributed by atoms with E-state index in [0.717, 1.165) is 36.3 Å². The normalized spacial score (nSPS) is 17.0. The second-order valence-electron chi connectivity index (χ2n) is 5.21. The quantitative estimate of drug-likeness (QED) is 0.837. The van der Waals surface area contributed by atoms with E-state index in [0.29, 0.717) is 11.6 Å². The second kappa shape index (κ2) is 6.01. The molecule has 0 aliphatic carbocycles. The molecule has 1 aliphatic rings. The Labute approximate surface area is 122 Å². The maximum Gasteiger partial charge on any atom is 0.255 e. The summed E-state index contributed by atoms with van der Waals surface area (Å²) >= 11 is 3.38. The van der Waals surface area contributed by atoms with Gasteiger partial charge in [0, 0.05) is 42.9 Å². The second-order valence-corrected chi connectivity index (χ2v) is 6.12. The van der Waals surface area contributed by atoms with E-state index in [2.05, 4.69) is 39.7 Å². The first-order chi connectivity index (χ1) is 8.99. The monoisotopic (exact) mass is 325 g/mol. The first-order valence-corrected chi connectivity index (χ1v) is 7.44. The van der Waals surface area contributed by atoms with E-state index in [1.165, 1.54) is 0 Å². The molecule has 0 radical (unpaired) electrons. The van der Waals surface area contributed by atoms with Gasteiger partial charge in [-0.2, -0.15) is 0 Å². The Morgan fingerprint density at radius 2 is 1.95 bits per heavy atom. The number of rotatable bonds is 2. The Kier molecular flexibility index (Phi) is 4.58. The molecule has 1 saturated heterocycles. The summed E-state index contributed by atoms with van der Waals surface area (Å²) in [6.45, 7) is 9.75. The van der Waals surface area contributed by atoms with Gasteiger partial charge in [-0.3, -0.25) is 14.7 Å². The van der Waals surface area contributed by atoms with E-state index in [-0.39, 0.29) is 5.91 Å². The zero-order valence-corrected chi connectivity index (χ0v) is 13.3. The fourth-order valence-electron chi connectivity index (χ4n) is 2.34. The van der Waals surface area contributed by atoms with Gasteiger partial charge in [0.05, 0.1) is 11.3 Å². The molecule has 0 unspecified atom stereocenters. The third-order valence-electron chi connectivity index (χ3n) is 3.62. The minimum Gasteiger partial charge on any atom is -0.336 e. The molecule has 5 heteroatoms. The van der Waals surface area contributed by atoms with E-state index >= 15 is 0 Å². The molecule has 1 aromatic heterocycles. The number of pyridine rings is 1. The van der Waals surface area contributed by atoms with Crippen molar-refractivity contribution in [3.63, 3.8) is 0 Å². The van der Waals surface area contributed by atoms with Crippen molar-refractivity contribution in [2.24, 2.45) is 0 Å². The van der Waals surface area contributed by atoms with Crippen LogP contribution in [-0.2, 0) is 0 Å². The molecular formula is C14H20BrN3O. The minimum absolute atomic E-state index is 0.0923. The van der Waals surface area contributed by atoms with Gasteiger partial charge in [0.2, 0.25) is 0 Å². The van der Waals surface area contributed by atoms with Crippen LogP contribution in [0, 0.1) is 6.92 Å². The van der Waals surface area contributed by atoms with Gasteiger partial charge in [0.25, 0.3) is 5.91 Å². The van der Waals surface area contributed by atoms with Gasteiger partial charge in [-0.25, -0.2) is 0 Å². The summed E-state index contributed by atoms with van der Waals surface area (Å²) in [7, 11) is 0. The molecule has 0 aromatic carbocycles. The molecular weight excluding hydrogens is 306 g/mol. The highest BCUT2D eigenvalue weighted by molar-refractivity contribution is 9.10. The van der Waals surface area contributed by atoms with Crippen molar-refractivity contribution >= 4 is 21.8 Å². The molecule has 1 aliphatic heterocycles. The molecule has 0 spiro atoms. The van der Waals surface area contributed by atoms with Crippen LogP contribution in [0.2, 0.25) is 0 Å². The van der Waals surface area contributed by atoms with E-state index < -0.39 is 0 Å². The summed E-state index contributed by atoms with van der Waals surface area (Å²) < 4.78 is 0.849. The van der Waals surface area contributed by atoms with Crippen LogP contribution in [0.5, 0.6) is 0 Å². The van der Waals surface area contributed by atoms with Gasteiger partial charge in [0.15, 0.2) is 0 Å². The fourth-order valence-corrected chi connectivity index (χ4v) is 2.67. The lowest BCUT2D eigenvalue weighted by atomic mass is 10.1. The first-order valence-electron chi connectivity index (χ1n) is 6.64. The van der Waals surface area contributed by atoms with E-state index in [1.54, 1.807) is 6.20 Å². The highest BCUT2D eigenvalue weighted by Gasteiger charge is 2.24. The molecule has 104 valence electrons. The van der Waals surface area contributed by atoms with Crippen LogP contribution >= 0.6 is 15.9 Å². The van der Waals surface area contributed by atoms with Gasteiger partial charge in [-0.1, -0.05) is 0 Å². The third kappa shape index (κ3) is 3.34. The highest BCUT2D eigenvalue weighted by atomic mass is 79.9. The lowest BCUT2D eigenvalue weighted by Gasteiger charge is -2.37. The van der Waals surface area contributed by atoms with Gasteiger partial charge in [-0.05, 0) is 42.8 Å². The Morgan fingerprint density at radius 1 is 1.32 bits per heavy atom. The number of nitrogens with zero attached hydrogens (tertiary/aromatic N) is 3. The molecule has 2 heterocycles. The minimum atomic E-state index is 0.0923. The van der Waals surface area contributed by atoms with Crippen LogP contribution in [-0.4, -0.2) is 52.9 Å². The predicted octanol–water partition coefficient (Wildman–Crippen LogP) is 2.32. The smallest absolute Gasteiger partial charge is 0.255 e. The van der Waals surface area contributed by atoms with E-state index in [9.17, 15) is 4.79 Å². The molecule has 2 rings (SSSR count). The number of carbonyl (C=O) groups excluding carboxylic acids is 1. The van der Waals surface area contributed by atoms with Crippen molar-refractivity contribution in [1.29, 1.82) is 0 Å². The Balaban J connectivity index is 2.07. The Morgan fingerprint density at radius 3 is 2.53 bits per heavy atom. The molecule has 1 amide bonds. The number of amides is 1.